The van der Waals surface area contributed by atoms with Gasteiger partial charge < -0.3 is 14.4 Å². The van der Waals surface area contributed by atoms with Crippen LogP contribution in [0.3, 0.4) is 0 Å². The lowest BCUT2D eigenvalue weighted by Crippen LogP contribution is -2.42. The Kier molecular flexibility index (Phi) is 6.20. The third kappa shape index (κ3) is 4.79. The lowest BCUT2D eigenvalue weighted by molar-refractivity contribution is -0.138. The largest absolute Gasteiger partial charge is 0.494 e. The summed E-state index contributed by atoms with van der Waals surface area (Å²) in [5, 5.41) is 8.11. The number of carbonyl (C=O) groups is 1. The fourth-order valence-corrected chi connectivity index (χ4v) is 3.80. The number of halogens is 3. The Hall–Kier alpha value is -3.30. The number of aromatic nitrogens is 3. The van der Waals surface area contributed by atoms with E-state index in [0.29, 0.717) is 49.8 Å². The number of nitrogens with zero attached hydrogens (tertiary/aromatic N) is 4. The minimum Gasteiger partial charge on any atom is -0.494 e. The number of alkyl halides is 3. The zero-order valence-corrected chi connectivity index (χ0v) is 17.5. The molecule has 0 bridgehead atoms. The van der Waals surface area contributed by atoms with Crippen LogP contribution in [0.4, 0.5) is 13.2 Å². The first-order valence-corrected chi connectivity index (χ1v) is 10.4. The predicted octanol–water partition coefficient (Wildman–Crippen LogP) is 3.93. The zero-order valence-electron chi connectivity index (χ0n) is 17.5. The van der Waals surface area contributed by atoms with Crippen LogP contribution >= 0.6 is 0 Å². The van der Waals surface area contributed by atoms with E-state index in [0.717, 1.165) is 18.0 Å². The Balaban J connectivity index is 1.42. The van der Waals surface area contributed by atoms with Crippen LogP contribution in [0.2, 0.25) is 0 Å². The lowest BCUT2D eigenvalue weighted by atomic mass is 9.97. The Labute approximate surface area is 182 Å². The van der Waals surface area contributed by atoms with E-state index in [4.69, 9.17) is 9.47 Å². The van der Waals surface area contributed by atoms with Gasteiger partial charge in [-0.15, -0.1) is 10.2 Å². The smallest absolute Gasteiger partial charge is 0.417 e. The molecular formula is C22H23F3N4O3. The van der Waals surface area contributed by atoms with Crippen molar-refractivity contribution in [3.63, 3.8) is 0 Å². The zero-order chi connectivity index (χ0) is 22.7. The van der Waals surface area contributed by atoms with Gasteiger partial charge in [-0.3, -0.25) is 9.20 Å². The summed E-state index contributed by atoms with van der Waals surface area (Å²) in [4.78, 5) is 14.4. The summed E-state index contributed by atoms with van der Waals surface area (Å²) in [6, 6.07) is 9.30. The summed E-state index contributed by atoms with van der Waals surface area (Å²) >= 11 is 0. The number of pyridine rings is 1. The quantitative estimate of drug-likeness (QED) is 0.572. The third-order valence-corrected chi connectivity index (χ3v) is 5.39. The molecule has 2 aromatic heterocycles. The fourth-order valence-electron chi connectivity index (χ4n) is 3.80. The van der Waals surface area contributed by atoms with Crippen molar-refractivity contribution in [2.75, 3.05) is 26.3 Å². The standard InChI is InChI=1S/C22H23F3N4O3/c1-2-31-17-6-8-18(9-7-17)32-14-20(30)28-11-3-4-15(12-28)21-27-26-19-10-5-16(13-29(19)21)22(23,24)25/h5-10,13,15H,2-4,11-12,14H2,1H3. The van der Waals surface area contributed by atoms with Crippen molar-refractivity contribution in [2.45, 2.75) is 31.9 Å². The number of hydrogen-bond donors (Lipinski definition) is 0. The number of piperidine rings is 1. The van der Waals surface area contributed by atoms with Crippen molar-refractivity contribution in [1.29, 1.82) is 0 Å². The van der Waals surface area contributed by atoms with Crippen LogP contribution in [0.5, 0.6) is 11.5 Å². The van der Waals surface area contributed by atoms with Crippen molar-refractivity contribution in [3.8, 4) is 11.5 Å². The third-order valence-electron chi connectivity index (χ3n) is 5.39. The second kappa shape index (κ2) is 9.05. The van der Waals surface area contributed by atoms with Crippen LogP contribution in [0.1, 0.15) is 37.1 Å². The van der Waals surface area contributed by atoms with Gasteiger partial charge in [0, 0.05) is 25.2 Å². The molecule has 32 heavy (non-hydrogen) atoms. The highest BCUT2D eigenvalue weighted by Gasteiger charge is 2.32. The number of likely N-dealkylation sites (tertiary alicyclic amines) is 1. The first-order valence-electron chi connectivity index (χ1n) is 10.4. The number of fused-ring (bicyclic) bond motifs is 1. The molecule has 10 heteroatoms. The van der Waals surface area contributed by atoms with Gasteiger partial charge in [-0.05, 0) is 56.2 Å². The average molecular weight is 448 g/mol. The number of rotatable bonds is 6. The van der Waals surface area contributed by atoms with Gasteiger partial charge >= 0.3 is 6.18 Å². The number of ether oxygens (including phenoxy) is 2. The molecule has 1 amide bonds. The molecular weight excluding hydrogens is 425 g/mol. The Bertz CT molecular complexity index is 1080. The van der Waals surface area contributed by atoms with Gasteiger partial charge in [0.05, 0.1) is 12.2 Å². The van der Waals surface area contributed by atoms with Crippen LogP contribution in [-0.4, -0.2) is 51.7 Å². The Morgan fingerprint density at radius 1 is 1.09 bits per heavy atom. The van der Waals surface area contributed by atoms with Gasteiger partial charge in [0.2, 0.25) is 0 Å². The summed E-state index contributed by atoms with van der Waals surface area (Å²) in [5.41, 5.74) is -0.422. The van der Waals surface area contributed by atoms with Gasteiger partial charge in [-0.1, -0.05) is 0 Å². The van der Waals surface area contributed by atoms with Crippen LogP contribution < -0.4 is 9.47 Å². The molecule has 0 aliphatic carbocycles. The highest BCUT2D eigenvalue weighted by molar-refractivity contribution is 5.78. The van der Waals surface area contributed by atoms with Crippen molar-refractivity contribution in [2.24, 2.45) is 0 Å². The maximum atomic E-state index is 13.1. The van der Waals surface area contributed by atoms with E-state index in [9.17, 15) is 18.0 Å². The second-order valence-corrected chi connectivity index (χ2v) is 7.57. The van der Waals surface area contributed by atoms with E-state index in [1.807, 2.05) is 6.92 Å². The molecule has 170 valence electrons. The van der Waals surface area contributed by atoms with Crippen LogP contribution in [-0.2, 0) is 11.0 Å². The second-order valence-electron chi connectivity index (χ2n) is 7.57. The summed E-state index contributed by atoms with van der Waals surface area (Å²) in [6.07, 6.45) is -2.02. The van der Waals surface area contributed by atoms with Crippen molar-refractivity contribution < 1.29 is 27.4 Å². The van der Waals surface area contributed by atoms with Gasteiger partial charge in [-0.2, -0.15) is 13.2 Å². The molecule has 1 fully saturated rings. The first-order chi connectivity index (χ1) is 15.3. The van der Waals surface area contributed by atoms with Crippen LogP contribution in [0, 0.1) is 0 Å². The topological polar surface area (TPSA) is 69.0 Å². The van der Waals surface area contributed by atoms with E-state index in [1.54, 1.807) is 29.2 Å². The van der Waals surface area contributed by atoms with Crippen molar-refractivity contribution in [3.05, 3.63) is 54.0 Å². The number of amides is 1. The molecule has 3 heterocycles. The van der Waals surface area contributed by atoms with Crippen molar-refractivity contribution >= 4 is 11.6 Å². The molecule has 4 rings (SSSR count). The minimum atomic E-state index is -4.46. The molecule has 1 aromatic carbocycles. The van der Waals surface area contributed by atoms with Crippen LogP contribution in [0.25, 0.3) is 5.65 Å². The number of hydrogen-bond acceptors (Lipinski definition) is 5. The molecule has 7 nitrogen and oxygen atoms in total. The minimum absolute atomic E-state index is 0.125. The van der Waals surface area contributed by atoms with E-state index in [-0.39, 0.29) is 18.4 Å². The Morgan fingerprint density at radius 3 is 2.50 bits per heavy atom. The maximum Gasteiger partial charge on any atom is 0.417 e. The maximum absolute atomic E-state index is 13.1. The molecule has 1 unspecified atom stereocenters. The summed E-state index contributed by atoms with van der Waals surface area (Å²) in [6.45, 7) is 3.24. The summed E-state index contributed by atoms with van der Waals surface area (Å²) in [7, 11) is 0. The normalized spacial score (nSPS) is 16.9. The molecule has 1 aliphatic rings. The molecule has 1 aliphatic heterocycles. The Morgan fingerprint density at radius 2 is 1.81 bits per heavy atom. The fraction of sp³-hybridized carbons (Fsp3) is 0.409. The van der Waals surface area contributed by atoms with E-state index >= 15 is 0 Å². The molecule has 1 atom stereocenters. The number of benzene rings is 1. The van der Waals surface area contributed by atoms with Gasteiger partial charge in [-0.25, -0.2) is 0 Å². The monoisotopic (exact) mass is 448 g/mol. The van der Waals surface area contributed by atoms with Gasteiger partial charge in [0.15, 0.2) is 12.3 Å². The van der Waals surface area contributed by atoms with Crippen LogP contribution in [0.15, 0.2) is 42.6 Å². The molecule has 1 saturated heterocycles. The van der Waals surface area contributed by atoms with E-state index < -0.39 is 11.7 Å². The molecule has 0 N–H and O–H groups in total. The number of carbonyl (C=O) groups excluding carboxylic acids is 1. The van der Waals surface area contributed by atoms with E-state index in [2.05, 4.69) is 10.2 Å². The van der Waals surface area contributed by atoms with E-state index in [1.165, 1.54) is 10.5 Å². The average Bonchev–Trinajstić information content (AvgIpc) is 3.21. The molecule has 0 spiro atoms. The van der Waals surface area contributed by atoms with Crippen molar-refractivity contribution in [1.82, 2.24) is 19.5 Å². The molecule has 3 aromatic rings. The predicted molar refractivity (Wildman–Crippen MR) is 110 cm³/mol. The highest BCUT2D eigenvalue weighted by Crippen LogP contribution is 2.31. The molecule has 0 radical (unpaired) electrons. The van der Waals surface area contributed by atoms with Gasteiger partial charge in [0.25, 0.3) is 5.91 Å². The molecule has 0 saturated carbocycles. The highest BCUT2D eigenvalue weighted by atomic mass is 19.4. The first kappa shape index (κ1) is 21.9. The summed E-state index contributed by atoms with van der Waals surface area (Å²) in [5.74, 6) is 1.30. The SMILES string of the molecule is CCOc1ccc(OCC(=O)N2CCCC(c3nnc4ccc(C(F)(F)F)cn34)C2)cc1. The summed E-state index contributed by atoms with van der Waals surface area (Å²) < 4.78 is 51.7. The van der Waals surface area contributed by atoms with Gasteiger partial charge in [0.1, 0.15) is 17.3 Å². The lowest BCUT2D eigenvalue weighted by Gasteiger charge is -2.32.